The Morgan fingerprint density at radius 1 is 1.07 bits per heavy atom. The molecular weight excluding hydrogens is 176 g/mol. The van der Waals surface area contributed by atoms with Crippen molar-refractivity contribution in [2.24, 2.45) is 0 Å². The van der Waals surface area contributed by atoms with Crippen molar-refractivity contribution in [2.75, 3.05) is 14.2 Å². The quantitative estimate of drug-likeness (QED) is 0.732. The molecule has 0 spiro atoms. The number of allylic oxidation sites excluding steroid dienone is 1. The molecule has 0 heterocycles. The van der Waals surface area contributed by atoms with Gasteiger partial charge >= 0.3 is 0 Å². The summed E-state index contributed by atoms with van der Waals surface area (Å²) in [6, 6.07) is 4.00. The number of hydrogen-bond donors (Lipinski definition) is 0. The lowest BCUT2D eigenvalue weighted by atomic mass is 10.1. The molecule has 0 saturated carbocycles. The third kappa shape index (κ3) is 2.08. The van der Waals surface area contributed by atoms with Crippen LogP contribution in [0.2, 0.25) is 0 Å². The topological polar surface area (TPSA) is 18.5 Å². The third-order valence-electron chi connectivity index (χ3n) is 2.13. The van der Waals surface area contributed by atoms with Crippen molar-refractivity contribution in [3.05, 3.63) is 29.3 Å². The fourth-order valence-corrected chi connectivity index (χ4v) is 1.40. The summed E-state index contributed by atoms with van der Waals surface area (Å²) in [6.07, 6.45) is 4.01. The SMILES string of the molecule is C/C=C\c1cc(OC)c(C)c(OC)c1. The van der Waals surface area contributed by atoms with E-state index in [0.717, 1.165) is 22.6 Å². The van der Waals surface area contributed by atoms with Gasteiger partial charge in [-0.3, -0.25) is 0 Å². The molecule has 0 radical (unpaired) electrons. The molecule has 0 aromatic heterocycles. The van der Waals surface area contributed by atoms with Gasteiger partial charge in [0.25, 0.3) is 0 Å². The Kier molecular flexibility index (Phi) is 3.57. The van der Waals surface area contributed by atoms with E-state index in [1.807, 2.05) is 38.1 Å². The Bertz CT molecular complexity index is 315. The van der Waals surface area contributed by atoms with Gasteiger partial charge in [-0.05, 0) is 31.5 Å². The Hall–Kier alpha value is -1.44. The van der Waals surface area contributed by atoms with Gasteiger partial charge in [-0.25, -0.2) is 0 Å². The van der Waals surface area contributed by atoms with Gasteiger partial charge in [0.15, 0.2) is 0 Å². The largest absolute Gasteiger partial charge is 0.496 e. The highest BCUT2D eigenvalue weighted by Gasteiger charge is 2.06. The number of benzene rings is 1. The normalized spacial score (nSPS) is 10.6. The van der Waals surface area contributed by atoms with Gasteiger partial charge in [0.2, 0.25) is 0 Å². The number of ether oxygens (including phenoxy) is 2. The minimum atomic E-state index is 0.859. The summed E-state index contributed by atoms with van der Waals surface area (Å²) in [5.74, 6) is 1.72. The van der Waals surface area contributed by atoms with Crippen molar-refractivity contribution in [3.8, 4) is 11.5 Å². The highest BCUT2D eigenvalue weighted by molar-refractivity contribution is 5.58. The van der Waals surface area contributed by atoms with Crippen LogP contribution in [-0.2, 0) is 0 Å². The van der Waals surface area contributed by atoms with Crippen molar-refractivity contribution < 1.29 is 9.47 Å². The van der Waals surface area contributed by atoms with Crippen molar-refractivity contribution in [2.45, 2.75) is 13.8 Å². The first kappa shape index (κ1) is 10.6. The Labute approximate surface area is 85.2 Å². The van der Waals surface area contributed by atoms with Crippen LogP contribution in [0.15, 0.2) is 18.2 Å². The van der Waals surface area contributed by atoms with Gasteiger partial charge in [-0.1, -0.05) is 12.2 Å². The summed E-state index contributed by atoms with van der Waals surface area (Å²) in [5, 5.41) is 0. The summed E-state index contributed by atoms with van der Waals surface area (Å²) in [6.45, 7) is 3.97. The van der Waals surface area contributed by atoms with Gasteiger partial charge < -0.3 is 9.47 Å². The maximum atomic E-state index is 5.26. The molecule has 0 aliphatic carbocycles. The van der Waals surface area contributed by atoms with Crippen LogP contribution in [0.3, 0.4) is 0 Å². The maximum Gasteiger partial charge on any atom is 0.126 e. The first-order chi connectivity index (χ1) is 6.72. The van der Waals surface area contributed by atoms with Crippen LogP contribution < -0.4 is 9.47 Å². The maximum absolute atomic E-state index is 5.26. The van der Waals surface area contributed by atoms with Crippen molar-refractivity contribution >= 4 is 6.08 Å². The molecule has 0 N–H and O–H groups in total. The van der Waals surface area contributed by atoms with Gasteiger partial charge in [0.1, 0.15) is 11.5 Å². The molecule has 0 aliphatic heterocycles. The first-order valence-electron chi connectivity index (χ1n) is 4.58. The van der Waals surface area contributed by atoms with E-state index in [4.69, 9.17) is 9.47 Å². The van der Waals surface area contributed by atoms with Crippen LogP contribution in [-0.4, -0.2) is 14.2 Å². The lowest BCUT2D eigenvalue weighted by Crippen LogP contribution is -1.93. The summed E-state index contributed by atoms with van der Waals surface area (Å²) >= 11 is 0. The lowest BCUT2D eigenvalue weighted by Gasteiger charge is -2.10. The standard InChI is InChI=1S/C12H16O2/c1-5-6-10-7-11(13-3)9(2)12(8-10)14-4/h5-8H,1-4H3/b6-5-. The highest BCUT2D eigenvalue weighted by Crippen LogP contribution is 2.29. The second-order valence-electron chi connectivity index (χ2n) is 3.05. The van der Waals surface area contributed by atoms with Gasteiger partial charge in [0, 0.05) is 5.56 Å². The van der Waals surface area contributed by atoms with E-state index in [2.05, 4.69) is 0 Å². The highest BCUT2D eigenvalue weighted by atomic mass is 16.5. The zero-order valence-corrected chi connectivity index (χ0v) is 9.13. The van der Waals surface area contributed by atoms with Crippen LogP contribution in [0.25, 0.3) is 6.08 Å². The van der Waals surface area contributed by atoms with Crippen LogP contribution in [0.1, 0.15) is 18.1 Å². The number of methoxy groups -OCH3 is 2. The molecule has 1 aromatic rings. The summed E-state index contributed by atoms with van der Waals surface area (Å²) in [5.41, 5.74) is 2.12. The van der Waals surface area contributed by atoms with Crippen LogP contribution >= 0.6 is 0 Å². The van der Waals surface area contributed by atoms with Gasteiger partial charge in [-0.15, -0.1) is 0 Å². The fraction of sp³-hybridized carbons (Fsp3) is 0.333. The molecule has 0 aliphatic rings. The Morgan fingerprint density at radius 3 is 1.93 bits per heavy atom. The molecule has 0 fully saturated rings. The molecular formula is C12H16O2. The minimum absolute atomic E-state index is 0.859. The first-order valence-corrected chi connectivity index (χ1v) is 4.58. The van der Waals surface area contributed by atoms with E-state index in [-0.39, 0.29) is 0 Å². The molecule has 2 heteroatoms. The zero-order valence-electron chi connectivity index (χ0n) is 9.13. The van der Waals surface area contributed by atoms with Gasteiger partial charge in [-0.2, -0.15) is 0 Å². The van der Waals surface area contributed by atoms with Crippen molar-refractivity contribution in [1.82, 2.24) is 0 Å². The van der Waals surface area contributed by atoms with E-state index in [1.54, 1.807) is 14.2 Å². The average Bonchev–Trinajstić information content (AvgIpc) is 2.20. The average molecular weight is 192 g/mol. The second kappa shape index (κ2) is 4.70. The predicted molar refractivity (Wildman–Crippen MR) is 59.0 cm³/mol. The minimum Gasteiger partial charge on any atom is -0.496 e. The van der Waals surface area contributed by atoms with Crippen LogP contribution in [0.5, 0.6) is 11.5 Å². The van der Waals surface area contributed by atoms with E-state index >= 15 is 0 Å². The Balaban J connectivity index is 3.24. The lowest BCUT2D eigenvalue weighted by molar-refractivity contribution is 0.388. The predicted octanol–water partition coefficient (Wildman–Crippen LogP) is 3.05. The molecule has 2 nitrogen and oxygen atoms in total. The monoisotopic (exact) mass is 192 g/mol. The zero-order chi connectivity index (χ0) is 10.6. The molecule has 0 atom stereocenters. The van der Waals surface area contributed by atoms with Crippen molar-refractivity contribution in [1.29, 1.82) is 0 Å². The Morgan fingerprint density at radius 2 is 1.57 bits per heavy atom. The fourth-order valence-electron chi connectivity index (χ4n) is 1.40. The molecule has 76 valence electrons. The molecule has 0 amide bonds. The molecule has 1 aromatic carbocycles. The van der Waals surface area contributed by atoms with Gasteiger partial charge in [0.05, 0.1) is 14.2 Å². The summed E-state index contributed by atoms with van der Waals surface area (Å²) < 4.78 is 10.5. The molecule has 0 bridgehead atoms. The summed E-state index contributed by atoms with van der Waals surface area (Å²) in [7, 11) is 3.34. The van der Waals surface area contributed by atoms with Crippen LogP contribution in [0.4, 0.5) is 0 Å². The molecule has 0 saturated heterocycles. The van der Waals surface area contributed by atoms with E-state index < -0.39 is 0 Å². The van der Waals surface area contributed by atoms with Crippen molar-refractivity contribution in [3.63, 3.8) is 0 Å². The number of hydrogen-bond acceptors (Lipinski definition) is 2. The molecule has 1 rings (SSSR count). The molecule has 14 heavy (non-hydrogen) atoms. The van der Waals surface area contributed by atoms with E-state index in [9.17, 15) is 0 Å². The second-order valence-corrected chi connectivity index (χ2v) is 3.05. The summed E-state index contributed by atoms with van der Waals surface area (Å²) in [4.78, 5) is 0. The third-order valence-corrected chi connectivity index (χ3v) is 2.13. The number of rotatable bonds is 3. The van der Waals surface area contributed by atoms with Crippen LogP contribution in [0, 0.1) is 6.92 Å². The smallest absolute Gasteiger partial charge is 0.126 e. The molecule has 0 unspecified atom stereocenters. The van der Waals surface area contributed by atoms with E-state index in [1.165, 1.54) is 0 Å². The van der Waals surface area contributed by atoms with E-state index in [0.29, 0.717) is 0 Å².